The van der Waals surface area contributed by atoms with Crippen molar-refractivity contribution in [2.75, 3.05) is 0 Å². The van der Waals surface area contributed by atoms with Crippen LogP contribution in [0.1, 0.15) is 21.6 Å². The average Bonchev–Trinajstić information content (AvgIpc) is 3.36. The van der Waals surface area contributed by atoms with E-state index in [9.17, 15) is 9.90 Å². The van der Waals surface area contributed by atoms with Gasteiger partial charge in [0.1, 0.15) is 5.69 Å². The number of aromatic amines is 1. The van der Waals surface area contributed by atoms with E-state index >= 15 is 0 Å². The van der Waals surface area contributed by atoms with Gasteiger partial charge in [0.05, 0.1) is 18.4 Å². The Morgan fingerprint density at radius 2 is 1.81 bits per heavy atom. The smallest absolute Gasteiger partial charge is 0.353 e. The lowest BCUT2D eigenvalue weighted by atomic mass is 9.99. The quantitative estimate of drug-likeness (QED) is 0.331. The van der Waals surface area contributed by atoms with Gasteiger partial charge in [0.15, 0.2) is 0 Å². The van der Waals surface area contributed by atoms with Crippen molar-refractivity contribution in [2.45, 2.75) is 13.5 Å². The van der Waals surface area contributed by atoms with E-state index in [0.29, 0.717) is 22.6 Å². The first-order chi connectivity index (χ1) is 15.5. The SMILES string of the molecule is Cc1ccc(Cn2ncc(-c3ccccc3)c2-c2c(C(=O)O)[nH]c3cc(Cl)ccc23)cc1. The van der Waals surface area contributed by atoms with Crippen molar-refractivity contribution in [3.63, 3.8) is 0 Å². The molecule has 2 N–H and O–H groups in total. The third-order valence-electron chi connectivity index (χ3n) is 5.59. The van der Waals surface area contributed by atoms with Crippen molar-refractivity contribution < 1.29 is 9.90 Å². The number of aryl methyl sites for hydroxylation is 1. The molecule has 0 amide bonds. The summed E-state index contributed by atoms with van der Waals surface area (Å²) in [7, 11) is 0. The Bertz CT molecular complexity index is 1430. The number of aromatic carboxylic acids is 1. The molecule has 0 fully saturated rings. The molecule has 0 aliphatic rings. The first kappa shape index (κ1) is 20.1. The zero-order valence-electron chi connectivity index (χ0n) is 17.3. The number of rotatable bonds is 5. The highest BCUT2D eigenvalue weighted by molar-refractivity contribution is 6.31. The molecule has 0 aliphatic heterocycles. The number of halogens is 1. The fourth-order valence-electron chi connectivity index (χ4n) is 4.04. The molecule has 6 heteroatoms. The zero-order valence-corrected chi connectivity index (χ0v) is 18.1. The highest BCUT2D eigenvalue weighted by Gasteiger charge is 2.25. The summed E-state index contributed by atoms with van der Waals surface area (Å²) in [5, 5.41) is 16.0. The molecule has 5 rings (SSSR count). The van der Waals surface area contributed by atoms with E-state index in [1.54, 1.807) is 18.3 Å². The summed E-state index contributed by atoms with van der Waals surface area (Å²) in [6.07, 6.45) is 1.80. The summed E-state index contributed by atoms with van der Waals surface area (Å²) >= 11 is 6.18. The largest absolute Gasteiger partial charge is 0.477 e. The second-order valence-corrected chi connectivity index (χ2v) is 8.22. The Balaban J connectivity index is 1.79. The van der Waals surface area contributed by atoms with Gasteiger partial charge in [0, 0.05) is 27.1 Å². The Labute approximate surface area is 189 Å². The van der Waals surface area contributed by atoms with Crippen LogP contribution in [0, 0.1) is 6.92 Å². The average molecular weight is 442 g/mol. The van der Waals surface area contributed by atoms with Crippen LogP contribution in [0.2, 0.25) is 5.02 Å². The highest BCUT2D eigenvalue weighted by Crippen LogP contribution is 2.39. The maximum Gasteiger partial charge on any atom is 0.353 e. The van der Waals surface area contributed by atoms with Crippen molar-refractivity contribution in [1.29, 1.82) is 0 Å². The van der Waals surface area contributed by atoms with Gasteiger partial charge in [-0.3, -0.25) is 4.68 Å². The maximum absolute atomic E-state index is 12.2. The van der Waals surface area contributed by atoms with Crippen molar-refractivity contribution in [2.24, 2.45) is 0 Å². The summed E-state index contributed by atoms with van der Waals surface area (Å²) in [4.78, 5) is 15.3. The molecule has 0 atom stereocenters. The van der Waals surface area contributed by atoms with Crippen molar-refractivity contribution in [3.05, 3.63) is 101 Å². The number of carboxylic acid groups (broad SMARTS) is 1. The van der Waals surface area contributed by atoms with Crippen LogP contribution in [0.4, 0.5) is 0 Å². The van der Waals surface area contributed by atoms with Gasteiger partial charge >= 0.3 is 5.97 Å². The summed E-state index contributed by atoms with van der Waals surface area (Å²) < 4.78 is 1.87. The number of nitrogens with zero attached hydrogens (tertiary/aromatic N) is 2. The van der Waals surface area contributed by atoms with Gasteiger partial charge in [0.25, 0.3) is 0 Å². The van der Waals surface area contributed by atoms with Crippen molar-refractivity contribution in [3.8, 4) is 22.4 Å². The van der Waals surface area contributed by atoms with Crippen LogP contribution in [-0.4, -0.2) is 25.8 Å². The lowest BCUT2D eigenvalue weighted by Crippen LogP contribution is -2.07. The van der Waals surface area contributed by atoms with Crippen LogP contribution in [-0.2, 0) is 6.54 Å². The predicted molar refractivity (Wildman–Crippen MR) is 127 cm³/mol. The second-order valence-electron chi connectivity index (χ2n) is 7.79. The van der Waals surface area contributed by atoms with Crippen LogP contribution in [0.5, 0.6) is 0 Å². The van der Waals surface area contributed by atoms with Gasteiger partial charge in [-0.25, -0.2) is 4.79 Å². The highest BCUT2D eigenvalue weighted by atomic mass is 35.5. The van der Waals surface area contributed by atoms with Crippen molar-refractivity contribution >= 4 is 28.5 Å². The monoisotopic (exact) mass is 441 g/mol. The van der Waals surface area contributed by atoms with Crippen LogP contribution >= 0.6 is 11.6 Å². The standard InChI is InChI=1S/C26H20ClN3O2/c1-16-7-9-17(10-8-16)15-30-25(21(14-28-30)18-5-3-2-4-6-18)23-20-12-11-19(27)13-22(20)29-24(23)26(31)32/h2-14,29H,15H2,1H3,(H,31,32). The first-order valence-corrected chi connectivity index (χ1v) is 10.6. The number of benzene rings is 3. The predicted octanol–water partition coefficient (Wildman–Crippen LogP) is 6.41. The van der Waals surface area contributed by atoms with Crippen LogP contribution in [0.15, 0.2) is 79.0 Å². The number of fused-ring (bicyclic) bond motifs is 1. The van der Waals surface area contributed by atoms with E-state index < -0.39 is 5.97 Å². The molecule has 0 radical (unpaired) electrons. The molecule has 2 heterocycles. The molecule has 0 saturated carbocycles. The van der Waals surface area contributed by atoms with Gasteiger partial charge in [0.2, 0.25) is 0 Å². The Kier molecular flexibility index (Phi) is 5.04. The Hall–Kier alpha value is -3.83. The molecule has 158 valence electrons. The van der Waals surface area contributed by atoms with E-state index in [4.69, 9.17) is 11.6 Å². The molecule has 0 aliphatic carbocycles. The van der Waals surface area contributed by atoms with E-state index in [2.05, 4.69) is 34.3 Å². The summed E-state index contributed by atoms with van der Waals surface area (Å²) in [6, 6.07) is 23.5. The molecule has 5 aromatic rings. The fourth-order valence-corrected chi connectivity index (χ4v) is 4.21. The van der Waals surface area contributed by atoms with Crippen LogP contribution in [0.25, 0.3) is 33.3 Å². The molecule has 5 nitrogen and oxygen atoms in total. The number of hydrogen-bond donors (Lipinski definition) is 2. The van der Waals surface area contributed by atoms with Gasteiger partial charge in [-0.1, -0.05) is 77.8 Å². The molecule has 0 spiro atoms. The number of carbonyl (C=O) groups is 1. The topological polar surface area (TPSA) is 70.9 Å². The lowest BCUT2D eigenvalue weighted by molar-refractivity contribution is 0.0692. The summed E-state index contributed by atoms with van der Waals surface area (Å²) in [5.74, 6) is -1.03. The Morgan fingerprint density at radius 1 is 1.06 bits per heavy atom. The molecule has 2 aromatic heterocycles. The minimum Gasteiger partial charge on any atom is -0.477 e. The van der Waals surface area contributed by atoms with Gasteiger partial charge in [-0.2, -0.15) is 5.10 Å². The van der Waals surface area contributed by atoms with Crippen LogP contribution < -0.4 is 0 Å². The third kappa shape index (κ3) is 3.57. The number of carboxylic acids is 1. The summed E-state index contributed by atoms with van der Waals surface area (Å²) in [6.45, 7) is 2.56. The number of aromatic nitrogens is 3. The van der Waals surface area contributed by atoms with Gasteiger partial charge in [-0.05, 0) is 30.2 Å². The molecule has 0 unspecified atom stereocenters. The molecule has 32 heavy (non-hydrogen) atoms. The molecule has 3 aromatic carbocycles. The van der Waals surface area contributed by atoms with Crippen LogP contribution in [0.3, 0.4) is 0 Å². The second kappa shape index (κ2) is 8.02. The van der Waals surface area contributed by atoms with Gasteiger partial charge < -0.3 is 10.1 Å². The number of hydrogen-bond acceptors (Lipinski definition) is 2. The van der Waals surface area contributed by atoms with Gasteiger partial charge in [-0.15, -0.1) is 0 Å². The number of nitrogens with one attached hydrogen (secondary N) is 1. The molecular formula is C26H20ClN3O2. The minimum absolute atomic E-state index is 0.116. The molecule has 0 bridgehead atoms. The third-order valence-corrected chi connectivity index (χ3v) is 5.82. The van der Waals surface area contributed by atoms with Crippen molar-refractivity contribution in [1.82, 2.24) is 14.8 Å². The van der Waals surface area contributed by atoms with E-state index in [1.807, 2.05) is 48.0 Å². The normalized spacial score (nSPS) is 11.2. The van der Waals surface area contributed by atoms with E-state index in [1.165, 1.54) is 5.56 Å². The van der Waals surface area contributed by atoms with E-state index in [-0.39, 0.29) is 5.69 Å². The molecule has 0 saturated heterocycles. The number of H-pyrrole nitrogens is 1. The maximum atomic E-state index is 12.2. The zero-order chi connectivity index (χ0) is 22.2. The molecular weight excluding hydrogens is 422 g/mol. The minimum atomic E-state index is -1.03. The summed E-state index contributed by atoms with van der Waals surface area (Å²) in [5.41, 5.74) is 6.25. The first-order valence-electron chi connectivity index (χ1n) is 10.2. The van der Waals surface area contributed by atoms with E-state index in [0.717, 1.165) is 27.8 Å². The lowest BCUT2D eigenvalue weighted by Gasteiger charge is -2.12. The Morgan fingerprint density at radius 3 is 2.53 bits per heavy atom. The fraction of sp³-hybridized carbons (Fsp3) is 0.0769.